The first kappa shape index (κ1) is 23.0. The molecule has 0 fully saturated rings. The van der Waals surface area contributed by atoms with Gasteiger partial charge in [0, 0.05) is 18.7 Å². The summed E-state index contributed by atoms with van der Waals surface area (Å²) in [4.78, 5) is 27.1. The molecule has 0 saturated heterocycles. The van der Waals surface area contributed by atoms with Crippen molar-refractivity contribution in [2.24, 2.45) is 0 Å². The second-order valence-electron chi connectivity index (χ2n) is 8.32. The molecule has 0 bridgehead atoms. The van der Waals surface area contributed by atoms with E-state index >= 15 is 0 Å². The highest BCUT2D eigenvalue weighted by molar-refractivity contribution is 5.95. The predicted octanol–water partition coefficient (Wildman–Crippen LogP) is 4.82. The molecule has 0 aliphatic heterocycles. The Balaban J connectivity index is 1.41. The minimum atomic E-state index is -0.378. The first-order valence-corrected chi connectivity index (χ1v) is 11.2. The van der Waals surface area contributed by atoms with Crippen molar-refractivity contribution in [2.75, 3.05) is 13.6 Å². The lowest BCUT2D eigenvalue weighted by Gasteiger charge is -2.22. The van der Waals surface area contributed by atoms with E-state index in [2.05, 4.69) is 10.5 Å². The molecule has 6 nitrogen and oxygen atoms in total. The number of nitrogens with one attached hydrogen (secondary N) is 1. The van der Waals surface area contributed by atoms with Crippen LogP contribution >= 0.6 is 0 Å². The number of aromatic nitrogens is 1. The van der Waals surface area contributed by atoms with Crippen LogP contribution in [0.5, 0.6) is 0 Å². The molecular weight excluding hydrogens is 426 g/mol. The van der Waals surface area contributed by atoms with Crippen LogP contribution in [0.15, 0.2) is 95.5 Å². The maximum Gasteiger partial charge on any atom is 0.276 e. The van der Waals surface area contributed by atoms with Crippen molar-refractivity contribution in [3.8, 4) is 11.3 Å². The van der Waals surface area contributed by atoms with Crippen molar-refractivity contribution in [1.29, 1.82) is 0 Å². The summed E-state index contributed by atoms with van der Waals surface area (Å²) in [6.07, 6.45) is 0.650. The molecule has 0 radical (unpaired) electrons. The van der Waals surface area contributed by atoms with Crippen molar-refractivity contribution in [2.45, 2.75) is 19.4 Å². The molecule has 0 unspecified atom stereocenters. The lowest BCUT2D eigenvalue weighted by molar-refractivity contribution is -0.122. The van der Waals surface area contributed by atoms with Gasteiger partial charge in [0.2, 0.25) is 5.91 Å². The Bertz CT molecular complexity index is 1230. The van der Waals surface area contributed by atoms with E-state index < -0.39 is 0 Å². The number of aryl methyl sites for hydroxylation is 1. The SMILES string of the molecule is Cc1ccc(-c2cc(C(=O)N(C)CC(=O)N[C@@H](Cc3ccccc3)c3ccccc3)no2)cc1. The van der Waals surface area contributed by atoms with E-state index in [9.17, 15) is 9.59 Å². The van der Waals surface area contributed by atoms with E-state index in [1.165, 1.54) is 4.90 Å². The number of amides is 2. The van der Waals surface area contributed by atoms with Gasteiger partial charge in [-0.25, -0.2) is 0 Å². The Morgan fingerprint density at radius 2 is 1.59 bits per heavy atom. The minimum Gasteiger partial charge on any atom is -0.355 e. The quantitative estimate of drug-likeness (QED) is 0.415. The van der Waals surface area contributed by atoms with Crippen LogP contribution in [0, 0.1) is 6.92 Å². The highest BCUT2D eigenvalue weighted by Gasteiger charge is 2.22. The predicted molar refractivity (Wildman–Crippen MR) is 131 cm³/mol. The molecule has 6 heteroatoms. The molecule has 0 saturated carbocycles. The van der Waals surface area contributed by atoms with E-state index in [-0.39, 0.29) is 30.1 Å². The van der Waals surface area contributed by atoms with E-state index in [0.717, 1.165) is 22.3 Å². The fourth-order valence-corrected chi connectivity index (χ4v) is 3.74. The molecule has 1 aromatic heterocycles. The van der Waals surface area contributed by atoms with Gasteiger partial charge in [-0.3, -0.25) is 9.59 Å². The van der Waals surface area contributed by atoms with Gasteiger partial charge in [0.25, 0.3) is 5.91 Å². The van der Waals surface area contributed by atoms with E-state index in [1.54, 1.807) is 13.1 Å². The average Bonchev–Trinajstić information content (AvgIpc) is 3.35. The van der Waals surface area contributed by atoms with E-state index in [1.807, 2.05) is 91.9 Å². The zero-order valence-corrected chi connectivity index (χ0v) is 19.3. The number of rotatable bonds is 8. The lowest BCUT2D eigenvalue weighted by Crippen LogP contribution is -2.40. The maximum absolute atomic E-state index is 12.9. The molecule has 4 aromatic rings. The fourth-order valence-electron chi connectivity index (χ4n) is 3.74. The molecule has 172 valence electrons. The van der Waals surface area contributed by atoms with Gasteiger partial charge in [-0.2, -0.15) is 0 Å². The zero-order chi connectivity index (χ0) is 23.9. The highest BCUT2D eigenvalue weighted by Crippen LogP contribution is 2.22. The molecule has 4 rings (SSSR count). The van der Waals surface area contributed by atoms with Crippen LogP contribution in [-0.4, -0.2) is 35.5 Å². The topological polar surface area (TPSA) is 75.4 Å². The van der Waals surface area contributed by atoms with Crippen LogP contribution in [0.2, 0.25) is 0 Å². The molecule has 1 atom stereocenters. The van der Waals surface area contributed by atoms with E-state index in [4.69, 9.17) is 4.52 Å². The summed E-state index contributed by atoms with van der Waals surface area (Å²) >= 11 is 0. The van der Waals surface area contributed by atoms with Crippen molar-refractivity contribution in [3.63, 3.8) is 0 Å². The Morgan fingerprint density at radius 1 is 0.941 bits per heavy atom. The Hall–Kier alpha value is -4.19. The second kappa shape index (κ2) is 10.6. The van der Waals surface area contributed by atoms with Crippen molar-refractivity contribution < 1.29 is 14.1 Å². The van der Waals surface area contributed by atoms with Crippen molar-refractivity contribution >= 4 is 11.8 Å². The number of hydrogen-bond donors (Lipinski definition) is 1. The Kier molecular flexibility index (Phi) is 7.18. The molecular formula is C28H27N3O3. The third-order valence-corrected chi connectivity index (χ3v) is 5.61. The summed E-state index contributed by atoms with van der Waals surface area (Å²) in [5.74, 6) is -0.118. The smallest absolute Gasteiger partial charge is 0.276 e. The third kappa shape index (κ3) is 5.78. The Morgan fingerprint density at radius 3 is 2.26 bits per heavy atom. The van der Waals surface area contributed by atoms with Gasteiger partial charge in [-0.05, 0) is 24.5 Å². The number of benzene rings is 3. The monoisotopic (exact) mass is 453 g/mol. The highest BCUT2D eigenvalue weighted by atomic mass is 16.5. The third-order valence-electron chi connectivity index (χ3n) is 5.61. The standard InChI is InChI=1S/C28H27N3O3/c1-20-13-15-23(16-14-20)26-18-25(30-34-26)28(33)31(2)19-27(32)29-24(22-11-7-4-8-12-22)17-21-9-5-3-6-10-21/h3-16,18,24H,17,19H2,1-2H3,(H,29,32)/t24-/m0/s1. The molecule has 2 amide bonds. The minimum absolute atomic E-state index is 0.0936. The van der Waals surface area contributed by atoms with Gasteiger partial charge in [-0.15, -0.1) is 0 Å². The molecule has 1 heterocycles. The van der Waals surface area contributed by atoms with Gasteiger partial charge >= 0.3 is 0 Å². The second-order valence-corrected chi connectivity index (χ2v) is 8.32. The van der Waals surface area contributed by atoms with Crippen LogP contribution in [0.4, 0.5) is 0 Å². The fraction of sp³-hybridized carbons (Fsp3) is 0.179. The summed E-state index contributed by atoms with van der Waals surface area (Å²) in [5.41, 5.74) is 4.26. The normalized spacial score (nSPS) is 11.6. The van der Waals surface area contributed by atoms with Gasteiger partial charge in [-0.1, -0.05) is 95.6 Å². The van der Waals surface area contributed by atoms with Gasteiger partial charge in [0.05, 0.1) is 12.6 Å². The Labute approximate surface area is 199 Å². The zero-order valence-electron chi connectivity index (χ0n) is 19.3. The summed E-state index contributed by atoms with van der Waals surface area (Å²) in [6, 6.07) is 29.0. The van der Waals surface area contributed by atoms with Gasteiger partial charge in [0.15, 0.2) is 11.5 Å². The summed E-state index contributed by atoms with van der Waals surface area (Å²) in [7, 11) is 1.58. The molecule has 34 heavy (non-hydrogen) atoms. The molecule has 1 N–H and O–H groups in total. The molecule has 0 aliphatic rings. The van der Waals surface area contributed by atoms with Crippen molar-refractivity contribution in [1.82, 2.24) is 15.4 Å². The average molecular weight is 454 g/mol. The number of hydrogen-bond acceptors (Lipinski definition) is 4. The van der Waals surface area contributed by atoms with Crippen LogP contribution < -0.4 is 5.32 Å². The van der Waals surface area contributed by atoms with Gasteiger partial charge < -0.3 is 14.7 Å². The van der Waals surface area contributed by atoms with Gasteiger partial charge in [0.1, 0.15) is 0 Å². The molecule has 0 spiro atoms. The molecule has 3 aromatic carbocycles. The molecule has 0 aliphatic carbocycles. The maximum atomic E-state index is 12.9. The van der Waals surface area contributed by atoms with Crippen LogP contribution in [-0.2, 0) is 11.2 Å². The largest absolute Gasteiger partial charge is 0.355 e. The number of likely N-dealkylation sites (N-methyl/N-ethyl adjacent to an activating group) is 1. The van der Waals surface area contributed by atoms with Crippen LogP contribution in [0.1, 0.15) is 33.2 Å². The summed E-state index contributed by atoms with van der Waals surface area (Å²) in [6.45, 7) is 1.91. The first-order valence-electron chi connectivity index (χ1n) is 11.2. The van der Waals surface area contributed by atoms with E-state index in [0.29, 0.717) is 12.2 Å². The van der Waals surface area contributed by atoms with Crippen molar-refractivity contribution in [3.05, 3.63) is 113 Å². The lowest BCUT2D eigenvalue weighted by atomic mass is 9.99. The number of carbonyl (C=O) groups is 2. The summed E-state index contributed by atoms with van der Waals surface area (Å²) < 4.78 is 5.36. The first-order chi connectivity index (χ1) is 16.5. The van der Waals surface area contributed by atoms with Crippen LogP contribution in [0.25, 0.3) is 11.3 Å². The number of nitrogens with zero attached hydrogens (tertiary/aromatic N) is 2. The van der Waals surface area contributed by atoms with Crippen LogP contribution in [0.3, 0.4) is 0 Å². The summed E-state index contributed by atoms with van der Waals surface area (Å²) in [5, 5.41) is 6.99. The number of carbonyl (C=O) groups excluding carboxylic acids is 2.